The van der Waals surface area contributed by atoms with Crippen molar-refractivity contribution in [1.29, 1.82) is 0 Å². The summed E-state index contributed by atoms with van der Waals surface area (Å²) in [6, 6.07) is 15.0. The average Bonchev–Trinajstić information content (AvgIpc) is 3.21. The van der Waals surface area contributed by atoms with Crippen LogP contribution in [0.25, 0.3) is 11.5 Å². The molecule has 0 spiro atoms. The Hall–Kier alpha value is -3.15. The molecule has 1 N–H and O–H groups in total. The van der Waals surface area contributed by atoms with Crippen LogP contribution in [-0.4, -0.2) is 22.2 Å². The van der Waals surface area contributed by atoms with E-state index in [1.54, 1.807) is 13.0 Å². The molecule has 1 amide bonds. The third-order valence-corrected chi connectivity index (χ3v) is 3.88. The number of hydrogen-bond donors (Lipinski definition) is 1. The van der Waals surface area contributed by atoms with Gasteiger partial charge in [-0.3, -0.25) is 4.79 Å². The van der Waals surface area contributed by atoms with Crippen LogP contribution in [0.3, 0.4) is 0 Å². The summed E-state index contributed by atoms with van der Waals surface area (Å²) in [4.78, 5) is 12.6. The van der Waals surface area contributed by atoms with E-state index in [4.69, 9.17) is 9.15 Å². The van der Waals surface area contributed by atoms with Crippen molar-refractivity contribution >= 4 is 11.6 Å². The zero-order chi connectivity index (χ0) is 16.5. The Kier molecular flexibility index (Phi) is 3.49. The maximum Gasteiger partial charge on any atom is 0.265 e. The SMILES string of the molecule is Cc1nnc(-c2ccccc2NC(=O)[C@H]2Cc3ccccc3O2)o1. The molecule has 1 atom stereocenters. The van der Waals surface area contributed by atoms with E-state index in [1.807, 2.05) is 42.5 Å². The van der Waals surface area contributed by atoms with Gasteiger partial charge in [0, 0.05) is 13.3 Å². The molecule has 6 heteroatoms. The number of para-hydroxylation sites is 2. The molecule has 0 saturated carbocycles. The lowest BCUT2D eigenvalue weighted by Gasteiger charge is -2.13. The van der Waals surface area contributed by atoms with Crippen molar-refractivity contribution in [2.24, 2.45) is 0 Å². The highest BCUT2D eigenvalue weighted by atomic mass is 16.5. The van der Waals surface area contributed by atoms with Crippen molar-refractivity contribution in [2.75, 3.05) is 5.32 Å². The van der Waals surface area contributed by atoms with E-state index in [2.05, 4.69) is 15.5 Å². The second-order valence-corrected chi connectivity index (χ2v) is 5.58. The van der Waals surface area contributed by atoms with Crippen LogP contribution < -0.4 is 10.1 Å². The topological polar surface area (TPSA) is 77.2 Å². The van der Waals surface area contributed by atoms with Crippen LogP contribution in [0.1, 0.15) is 11.5 Å². The first-order valence-electron chi connectivity index (χ1n) is 7.65. The number of rotatable bonds is 3. The van der Waals surface area contributed by atoms with E-state index in [9.17, 15) is 4.79 Å². The summed E-state index contributed by atoms with van der Waals surface area (Å²) in [5.41, 5.74) is 2.34. The Morgan fingerprint density at radius 2 is 1.92 bits per heavy atom. The number of hydrogen-bond acceptors (Lipinski definition) is 5. The van der Waals surface area contributed by atoms with Gasteiger partial charge >= 0.3 is 0 Å². The van der Waals surface area contributed by atoms with Crippen LogP contribution in [0.15, 0.2) is 52.9 Å². The highest BCUT2D eigenvalue weighted by molar-refractivity contribution is 5.98. The number of nitrogens with zero attached hydrogens (tertiary/aromatic N) is 2. The minimum absolute atomic E-state index is 0.199. The number of amides is 1. The Bertz CT molecular complexity index is 879. The van der Waals surface area contributed by atoms with Crippen LogP contribution in [0.2, 0.25) is 0 Å². The van der Waals surface area contributed by atoms with Gasteiger partial charge in [-0.2, -0.15) is 0 Å². The smallest absolute Gasteiger partial charge is 0.265 e. The highest BCUT2D eigenvalue weighted by Gasteiger charge is 2.29. The molecule has 0 radical (unpaired) electrons. The molecule has 0 aliphatic carbocycles. The number of nitrogens with one attached hydrogen (secondary N) is 1. The van der Waals surface area contributed by atoms with Crippen molar-refractivity contribution < 1.29 is 13.9 Å². The standard InChI is InChI=1S/C18H15N3O3/c1-11-20-21-18(23-11)13-7-3-4-8-14(13)19-17(22)16-10-12-6-2-5-9-15(12)24-16/h2-9,16H,10H2,1H3,(H,19,22)/t16-/m1/s1. The number of aromatic nitrogens is 2. The molecule has 0 fully saturated rings. The monoisotopic (exact) mass is 321 g/mol. The molecule has 24 heavy (non-hydrogen) atoms. The van der Waals surface area contributed by atoms with Gasteiger partial charge < -0.3 is 14.5 Å². The summed E-state index contributed by atoms with van der Waals surface area (Å²) in [5.74, 6) is 1.41. The fraction of sp³-hybridized carbons (Fsp3) is 0.167. The predicted molar refractivity (Wildman–Crippen MR) is 87.7 cm³/mol. The van der Waals surface area contributed by atoms with E-state index in [-0.39, 0.29) is 5.91 Å². The third kappa shape index (κ3) is 2.62. The zero-order valence-corrected chi connectivity index (χ0v) is 13.0. The second-order valence-electron chi connectivity index (χ2n) is 5.58. The molecule has 1 aliphatic rings. The molecule has 1 aliphatic heterocycles. The number of benzene rings is 2. The van der Waals surface area contributed by atoms with Crippen LogP contribution >= 0.6 is 0 Å². The van der Waals surface area contributed by atoms with E-state index in [0.29, 0.717) is 29.5 Å². The Labute approximate surface area is 138 Å². The number of fused-ring (bicyclic) bond motifs is 1. The largest absolute Gasteiger partial charge is 0.480 e. The van der Waals surface area contributed by atoms with E-state index in [0.717, 1.165) is 11.3 Å². The fourth-order valence-corrected chi connectivity index (χ4v) is 2.73. The van der Waals surface area contributed by atoms with Crippen LogP contribution in [0, 0.1) is 6.92 Å². The number of aryl methyl sites for hydroxylation is 1. The normalized spacial score (nSPS) is 15.6. The van der Waals surface area contributed by atoms with Gasteiger partial charge in [0.2, 0.25) is 11.8 Å². The third-order valence-electron chi connectivity index (χ3n) is 3.88. The lowest BCUT2D eigenvalue weighted by atomic mass is 10.1. The lowest BCUT2D eigenvalue weighted by molar-refractivity contribution is -0.122. The summed E-state index contributed by atoms with van der Waals surface area (Å²) in [6.45, 7) is 1.72. The average molecular weight is 321 g/mol. The molecule has 2 aromatic carbocycles. The van der Waals surface area contributed by atoms with Gasteiger partial charge in [-0.05, 0) is 23.8 Å². The fourth-order valence-electron chi connectivity index (χ4n) is 2.73. The van der Waals surface area contributed by atoms with Gasteiger partial charge in [-0.15, -0.1) is 10.2 Å². The van der Waals surface area contributed by atoms with Crippen LogP contribution in [0.5, 0.6) is 5.75 Å². The number of carbonyl (C=O) groups excluding carboxylic acids is 1. The molecule has 4 rings (SSSR count). The predicted octanol–water partition coefficient (Wildman–Crippen LogP) is 2.99. The van der Waals surface area contributed by atoms with E-state index < -0.39 is 6.10 Å². The van der Waals surface area contributed by atoms with Gasteiger partial charge in [-0.25, -0.2) is 0 Å². The molecule has 1 aromatic heterocycles. The van der Waals surface area contributed by atoms with Crippen LogP contribution in [0.4, 0.5) is 5.69 Å². The number of anilines is 1. The summed E-state index contributed by atoms with van der Waals surface area (Å²) < 4.78 is 11.2. The first-order valence-corrected chi connectivity index (χ1v) is 7.65. The summed E-state index contributed by atoms with van der Waals surface area (Å²) in [5, 5.41) is 10.8. The molecule has 0 bridgehead atoms. The molecule has 0 unspecified atom stereocenters. The van der Waals surface area contributed by atoms with E-state index in [1.165, 1.54) is 0 Å². The Morgan fingerprint density at radius 1 is 1.12 bits per heavy atom. The Balaban J connectivity index is 1.55. The molecule has 120 valence electrons. The van der Waals surface area contributed by atoms with Gasteiger partial charge in [0.05, 0.1) is 11.3 Å². The molecule has 0 saturated heterocycles. The molecular formula is C18H15N3O3. The van der Waals surface area contributed by atoms with Crippen LogP contribution in [-0.2, 0) is 11.2 Å². The first kappa shape index (κ1) is 14.4. The first-order chi connectivity index (χ1) is 11.7. The lowest BCUT2D eigenvalue weighted by Crippen LogP contribution is -2.31. The molecule has 6 nitrogen and oxygen atoms in total. The maximum absolute atomic E-state index is 12.6. The van der Waals surface area contributed by atoms with Crippen molar-refractivity contribution in [3.8, 4) is 17.2 Å². The van der Waals surface area contributed by atoms with Gasteiger partial charge in [-0.1, -0.05) is 30.3 Å². The Morgan fingerprint density at radius 3 is 2.71 bits per heavy atom. The minimum atomic E-state index is -0.542. The van der Waals surface area contributed by atoms with Gasteiger partial charge in [0.1, 0.15) is 5.75 Å². The zero-order valence-electron chi connectivity index (χ0n) is 13.0. The van der Waals surface area contributed by atoms with Crippen molar-refractivity contribution in [1.82, 2.24) is 10.2 Å². The minimum Gasteiger partial charge on any atom is -0.480 e. The molecule has 3 aromatic rings. The number of carbonyl (C=O) groups is 1. The summed E-state index contributed by atoms with van der Waals surface area (Å²) in [7, 11) is 0. The number of ether oxygens (including phenoxy) is 1. The molecular weight excluding hydrogens is 306 g/mol. The molecule has 2 heterocycles. The van der Waals surface area contributed by atoms with Gasteiger partial charge in [0.25, 0.3) is 5.91 Å². The van der Waals surface area contributed by atoms with Crippen molar-refractivity contribution in [2.45, 2.75) is 19.4 Å². The van der Waals surface area contributed by atoms with Gasteiger partial charge in [0.15, 0.2) is 6.10 Å². The maximum atomic E-state index is 12.6. The van der Waals surface area contributed by atoms with Crippen molar-refractivity contribution in [3.63, 3.8) is 0 Å². The van der Waals surface area contributed by atoms with Crippen molar-refractivity contribution in [3.05, 3.63) is 60.0 Å². The summed E-state index contributed by atoms with van der Waals surface area (Å²) in [6.07, 6.45) is 0.0176. The second kappa shape index (κ2) is 5.81. The summed E-state index contributed by atoms with van der Waals surface area (Å²) >= 11 is 0. The highest BCUT2D eigenvalue weighted by Crippen LogP contribution is 2.30. The van der Waals surface area contributed by atoms with E-state index >= 15 is 0 Å². The quantitative estimate of drug-likeness (QED) is 0.802.